The summed E-state index contributed by atoms with van der Waals surface area (Å²) in [5.74, 6) is 0.533. The number of imidazole rings is 1. The highest BCUT2D eigenvalue weighted by Gasteiger charge is 2.25. The van der Waals surface area contributed by atoms with Gasteiger partial charge in [-0.05, 0) is 25.0 Å². The molecule has 0 atom stereocenters. The highest BCUT2D eigenvalue weighted by molar-refractivity contribution is 5.93. The number of aliphatic hydroxyl groups excluding tert-OH is 1. The molecule has 0 saturated heterocycles. The van der Waals surface area contributed by atoms with E-state index in [4.69, 9.17) is 0 Å². The van der Waals surface area contributed by atoms with Gasteiger partial charge >= 0.3 is 0 Å². The van der Waals surface area contributed by atoms with Crippen LogP contribution in [0.15, 0.2) is 37.1 Å². The smallest absolute Gasteiger partial charge is 0.252 e. The minimum Gasteiger partial charge on any atom is -0.396 e. The van der Waals surface area contributed by atoms with E-state index in [2.05, 4.69) is 15.3 Å². The number of carbonyl (C=O) groups excluding carboxylic acids is 1. The van der Waals surface area contributed by atoms with Crippen LogP contribution in [0, 0.1) is 5.41 Å². The number of nitrogens with one attached hydrogen (secondary N) is 1. The third kappa shape index (κ3) is 3.51. The second kappa shape index (κ2) is 7.17. The van der Waals surface area contributed by atoms with E-state index in [0.29, 0.717) is 17.9 Å². The fourth-order valence-electron chi connectivity index (χ4n) is 2.22. The third-order valence-electron chi connectivity index (χ3n) is 4.24. The van der Waals surface area contributed by atoms with Crippen molar-refractivity contribution in [2.45, 2.75) is 26.7 Å². The Bertz CT molecular complexity index is 581. The summed E-state index contributed by atoms with van der Waals surface area (Å²) in [6.45, 7) is 4.57. The molecule has 22 heavy (non-hydrogen) atoms. The fraction of sp³-hybridized carbons (Fsp3) is 0.438. The van der Waals surface area contributed by atoms with Crippen LogP contribution in [0.3, 0.4) is 0 Å². The molecular formula is C16H22N4O2. The molecule has 2 rings (SSSR count). The maximum absolute atomic E-state index is 12.2. The van der Waals surface area contributed by atoms with Crippen molar-refractivity contribution in [1.82, 2.24) is 19.9 Å². The lowest BCUT2D eigenvalue weighted by atomic mass is 9.83. The summed E-state index contributed by atoms with van der Waals surface area (Å²) < 4.78 is 1.77. The molecule has 118 valence electrons. The molecule has 6 nitrogen and oxygen atoms in total. The molecule has 2 N–H and O–H groups in total. The number of aliphatic hydroxyl groups is 1. The summed E-state index contributed by atoms with van der Waals surface area (Å²) in [7, 11) is 0. The van der Waals surface area contributed by atoms with E-state index in [1.165, 1.54) is 0 Å². The average molecular weight is 302 g/mol. The number of hydrogen-bond donors (Lipinski definition) is 2. The molecule has 0 fully saturated rings. The first-order valence-electron chi connectivity index (χ1n) is 7.47. The normalized spacial score (nSPS) is 11.4. The highest BCUT2D eigenvalue weighted by atomic mass is 16.3. The van der Waals surface area contributed by atoms with E-state index in [-0.39, 0.29) is 17.9 Å². The van der Waals surface area contributed by atoms with Crippen molar-refractivity contribution in [3.63, 3.8) is 0 Å². The summed E-state index contributed by atoms with van der Waals surface area (Å²) in [6.07, 6.45) is 8.30. The Morgan fingerprint density at radius 2 is 2.14 bits per heavy atom. The maximum Gasteiger partial charge on any atom is 0.252 e. The summed E-state index contributed by atoms with van der Waals surface area (Å²) in [6, 6.07) is 3.51. The Balaban J connectivity index is 2.01. The number of nitrogens with zero attached hydrogens (tertiary/aromatic N) is 3. The van der Waals surface area contributed by atoms with Gasteiger partial charge in [-0.25, -0.2) is 9.97 Å². The van der Waals surface area contributed by atoms with Crippen LogP contribution in [-0.4, -0.2) is 38.7 Å². The number of hydrogen-bond acceptors (Lipinski definition) is 4. The van der Waals surface area contributed by atoms with E-state index in [1.807, 2.05) is 13.8 Å². The number of pyridine rings is 1. The van der Waals surface area contributed by atoms with Crippen molar-refractivity contribution >= 4 is 5.91 Å². The van der Waals surface area contributed by atoms with Gasteiger partial charge in [0.2, 0.25) is 0 Å². The minimum absolute atomic E-state index is 0.0676. The maximum atomic E-state index is 12.2. The second-order valence-corrected chi connectivity index (χ2v) is 5.42. The number of amides is 1. The van der Waals surface area contributed by atoms with Gasteiger partial charge in [-0.2, -0.15) is 0 Å². The lowest BCUT2D eigenvalue weighted by molar-refractivity contribution is 0.0851. The molecule has 6 heteroatoms. The molecule has 0 saturated carbocycles. The average Bonchev–Trinajstić information content (AvgIpc) is 3.11. The van der Waals surface area contributed by atoms with E-state index >= 15 is 0 Å². The summed E-state index contributed by atoms with van der Waals surface area (Å²) in [4.78, 5) is 20.4. The van der Waals surface area contributed by atoms with Crippen molar-refractivity contribution < 1.29 is 9.90 Å². The molecule has 0 unspecified atom stereocenters. The molecule has 0 aliphatic rings. The molecule has 2 heterocycles. The zero-order valence-corrected chi connectivity index (χ0v) is 13.0. The van der Waals surface area contributed by atoms with Gasteiger partial charge in [0.1, 0.15) is 12.1 Å². The lowest BCUT2D eigenvalue weighted by Gasteiger charge is -2.29. The van der Waals surface area contributed by atoms with E-state index in [9.17, 15) is 9.90 Å². The second-order valence-electron chi connectivity index (χ2n) is 5.42. The van der Waals surface area contributed by atoms with Crippen LogP contribution in [0.5, 0.6) is 0 Å². The van der Waals surface area contributed by atoms with Gasteiger partial charge in [0.15, 0.2) is 0 Å². The summed E-state index contributed by atoms with van der Waals surface area (Å²) in [5.41, 5.74) is 0.253. The van der Waals surface area contributed by atoms with Crippen molar-refractivity contribution in [3.8, 4) is 5.82 Å². The Hall–Kier alpha value is -2.21. The first kappa shape index (κ1) is 16.2. The highest BCUT2D eigenvalue weighted by Crippen LogP contribution is 2.24. The SMILES string of the molecule is CCC(CC)(CO)CNC(=O)c1ccc(-n2ccnc2)nc1. The van der Waals surface area contributed by atoms with Gasteiger partial charge in [0.25, 0.3) is 5.91 Å². The Labute approximate surface area is 130 Å². The molecule has 2 aromatic heterocycles. The summed E-state index contributed by atoms with van der Waals surface area (Å²) in [5, 5.41) is 12.4. The molecule has 0 aromatic carbocycles. The van der Waals surface area contributed by atoms with Gasteiger partial charge in [0.05, 0.1) is 12.2 Å². The van der Waals surface area contributed by atoms with Crippen LogP contribution < -0.4 is 5.32 Å². The standard InChI is InChI=1S/C16H22N4O2/c1-3-16(4-2,11-21)10-19-15(22)13-5-6-14(18-9-13)20-8-7-17-12-20/h5-9,12,21H,3-4,10-11H2,1-2H3,(H,19,22). The monoisotopic (exact) mass is 302 g/mol. The molecule has 0 radical (unpaired) electrons. The molecule has 0 aliphatic heterocycles. The first-order chi connectivity index (χ1) is 10.6. The zero-order chi connectivity index (χ0) is 16.0. The first-order valence-corrected chi connectivity index (χ1v) is 7.47. The van der Waals surface area contributed by atoms with E-state index < -0.39 is 0 Å². The Morgan fingerprint density at radius 1 is 1.36 bits per heavy atom. The quantitative estimate of drug-likeness (QED) is 0.817. The molecule has 0 aliphatic carbocycles. The lowest BCUT2D eigenvalue weighted by Crippen LogP contribution is -2.39. The van der Waals surface area contributed by atoms with Crippen molar-refractivity contribution in [1.29, 1.82) is 0 Å². The zero-order valence-electron chi connectivity index (χ0n) is 13.0. The van der Waals surface area contributed by atoms with Gasteiger partial charge < -0.3 is 10.4 Å². The van der Waals surface area contributed by atoms with Gasteiger partial charge in [-0.3, -0.25) is 9.36 Å². The van der Waals surface area contributed by atoms with Crippen LogP contribution in [0.2, 0.25) is 0 Å². The molecule has 0 spiro atoms. The molecule has 0 bridgehead atoms. The van der Waals surface area contributed by atoms with Crippen LogP contribution in [0.25, 0.3) is 5.82 Å². The van der Waals surface area contributed by atoms with Gasteiger partial charge in [0, 0.05) is 30.6 Å². The predicted octanol–water partition coefficient (Wildman–Crippen LogP) is 1.80. The van der Waals surface area contributed by atoms with Crippen LogP contribution in [-0.2, 0) is 0 Å². The number of aromatic nitrogens is 3. The molecule has 2 aromatic rings. The summed E-state index contributed by atoms with van der Waals surface area (Å²) >= 11 is 0. The van der Waals surface area contributed by atoms with E-state index in [1.54, 1.807) is 41.6 Å². The topological polar surface area (TPSA) is 80.0 Å². The van der Waals surface area contributed by atoms with Crippen molar-refractivity contribution in [2.24, 2.45) is 5.41 Å². The Kier molecular flexibility index (Phi) is 5.27. The minimum atomic E-state index is -0.250. The number of carbonyl (C=O) groups is 1. The molecular weight excluding hydrogens is 280 g/mol. The Morgan fingerprint density at radius 3 is 2.64 bits per heavy atom. The van der Waals surface area contributed by atoms with Gasteiger partial charge in [-0.15, -0.1) is 0 Å². The van der Waals surface area contributed by atoms with Crippen LogP contribution in [0.4, 0.5) is 0 Å². The fourth-order valence-corrected chi connectivity index (χ4v) is 2.22. The number of rotatable bonds is 7. The van der Waals surface area contributed by atoms with Crippen molar-refractivity contribution in [2.75, 3.05) is 13.2 Å². The molecule has 1 amide bonds. The van der Waals surface area contributed by atoms with Crippen LogP contribution >= 0.6 is 0 Å². The van der Waals surface area contributed by atoms with E-state index in [0.717, 1.165) is 12.8 Å². The predicted molar refractivity (Wildman–Crippen MR) is 83.8 cm³/mol. The largest absolute Gasteiger partial charge is 0.396 e. The van der Waals surface area contributed by atoms with Crippen LogP contribution in [0.1, 0.15) is 37.0 Å². The van der Waals surface area contributed by atoms with Crippen molar-refractivity contribution in [3.05, 3.63) is 42.6 Å². The third-order valence-corrected chi connectivity index (χ3v) is 4.24. The van der Waals surface area contributed by atoms with Gasteiger partial charge in [-0.1, -0.05) is 13.8 Å².